The summed E-state index contributed by atoms with van der Waals surface area (Å²) in [5.41, 5.74) is 3.98. The van der Waals surface area contributed by atoms with Crippen LogP contribution in [0.5, 0.6) is 0 Å². The van der Waals surface area contributed by atoms with Gasteiger partial charge in [0.05, 0.1) is 11.2 Å². The van der Waals surface area contributed by atoms with Gasteiger partial charge in [0.15, 0.2) is 0 Å². The summed E-state index contributed by atoms with van der Waals surface area (Å²) in [4.78, 5) is 16.0. The van der Waals surface area contributed by atoms with Crippen molar-refractivity contribution in [2.45, 2.75) is 0 Å². The molecule has 0 spiro atoms. The van der Waals surface area contributed by atoms with Crippen LogP contribution in [-0.2, 0) is 0 Å². The van der Waals surface area contributed by atoms with Crippen molar-refractivity contribution in [3.63, 3.8) is 0 Å². The normalized spacial score (nSPS) is 11.3. The summed E-state index contributed by atoms with van der Waals surface area (Å²) in [7, 11) is 0. The van der Waals surface area contributed by atoms with E-state index in [1.54, 1.807) is 30.7 Å². The van der Waals surface area contributed by atoms with Gasteiger partial charge in [-0.2, -0.15) is 5.10 Å². The molecule has 0 bridgehead atoms. The van der Waals surface area contributed by atoms with Crippen molar-refractivity contribution in [2.24, 2.45) is 5.10 Å². The van der Waals surface area contributed by atoms with Gasteiger partial charge in [-0.3, -0.25) is 9.78 Å². The average molecular weight is 360 g/mol. The molecule has 1 amide bonds. The van der Waals surface area contributed by atoms with E-state index in [4.69, 9.17) is 11.6 Å². The zero-order valence-corrected chi connectivity index (χ0v) is 14.4. The van der Waals surface area contributed by atoms with Crippen LogP contribution in [0.15, 0.2) is 78.2 Å². The van der Waals surface area contributed by atoms with Gasteiger partial charge >= 0.3 is 0 Å². The molecule has 4 nitrogen and oxygen atoms in total. The van der Waals surface area contributed by atoms with Crippen LogP contribution in [0.4, 0.5) is 0 Å². The van der Waals surface area contributed by atoms with E-state index in [2.05, 4.69) is 15.5 Å². The van der Waals surface area contributed by atoms with Gasteiger partial charge < -0.3 is 0 Å². The minimum atomic E-state index is -0.286. The molecule has 0 atom stereocenters. The second-order valence-corrected chi connectivity index (χ2v) is 6.13. The fourth-order valence-corrected chi connectivity index (χ4v) is 3.30. The van der Waals surface area contributed by atoms with Gasteiger partial charge in [0, 0.05) is 34.3 Å². The minimum absolute atomic E-state index is 0.286. The van der Waals surface area contributed by atoms with Crippen LogP contribution in [0, 0.1) is 0 Å². The zero-order chi connectivity index (χ0) is 17.9. The SMILES string of the molecule is O=C(N/N=C\c1c2ccccc2c(Cl)c2ccccc12)c1ccncc1. The number of amides is 1. The predicted octanol–water partition coefficient (Wildman–Crippen LogP) is 4.81. The van der Waals surface area contributed by atoms with Crippen LogP contribution in [-0.4, -0.2) is 17.1 Å². The number of fused-ring (bicyclic) bond motifs is 2. The number of aromatic nitrogens is 1. The Hall–Kier alpha value is -3.24. The molecule has 0 aliphatic heterocycles. The number of nitrogens with one attached hydrogen (secondary N) is 1. The Morgan fingerprint density at radius 3 is 2.00 bits per heavy atom. The van der Waals surface area contributed by atoms with E-state index in [0.717, 1.165) is 27.1 Å². The monoisotopic (exact) mass is 359 g/mol. The van der Waals surface area contributed by atoms with Crippen LogP contribution in [0.2, 0.25) is 5.02 Å². The highest BCUT2D eigenvalue weighted by Crippen LogP contribution is 2.35. The smallest absolute Gasteiger partial charge is 0.267 e. The first-order valence-electron chi connectivity index (χ1n) is 8.08. The van der Waals surface area contributed by atoms with Gasteiger partial charge in [-0.1, -0.05) is 60.1 Å². The molecule has 4 aromatic rings. The quantitative estimate of drug-likeness (QED) is 0.324. The number of carbonyl (C=O) groups excluding carboxylic acids is 1. The van der Waals surface area contributed by atoms with Crippen molar-refractivity contribution >= 4 is 45.3 Å². The Labute approximate surface area is 155 Å². The third-order valence-corrected chi connectivity index (χ3v) is 4.62. The summed E-state index contributed by atoms with van der Waals surface area (Å²) in [6.45, 7) is 0. The first-order valence-corrected chi connectivity index (χ1v) is 8.46. The molecular weight excluding hydrogens is 346 g/mol. The minimum Gasteiger partial charge on any atom is -0.267 e. The van der Waals surface area contributed by atoms with Crippen LogP contribution in [0.3, 0.4) is 0 Å². The summed E-state index contributed by atoms with van der Waals surface area (Å²) in [5, 5.41) is 8.75. The zero-order valence-electron chi connectivity index (χ0n) is 13.7. The van der Waals surface area contributed by atoms with Crippen LogP contribution >= 0.6 is 11.6 Å². The molecule has 0 fully saturated rings. The highest BCUT2D eigenvalue weighted by molar-refractivity contribution is 6.42. The number of nitrogens with zero attached hydrogens (tertiary/aromatic N) is 2. The summed E-state index contributed by atoms with van der Waals surface area (Å²) in [5.74, 6) is -0.286. The summed E-state index contributed by atoms with van der Waals surface area (Å²) < 4.78 is 0. The number of hydrogen-bond donors (Lipinski definition) is 1. The number of benzene rings is 3. The van der Waals surface area contributed by atoms with Crippen molar-refractivity contribution < 1.29 is 4.79 Å². The molecule has 0 saturated heterocycles. The third-order valence-electron chi connectivity index (χ3n) is 4.21. The van der Waals surface area contributed by atoms with Crippen molar-refractivity contribution in [1.29, 1.82) is 0 Å². The van der Waals surface area contributed by atoms with Crippen LogP contribution in [0.25, 0.3) is 21.5 Å². The van der Waals surface area contributed by atoms with E-state index in [-0.39, 0.29) is 5.91 Å². The van der Waals surface area contributed by atoms with E-state index >= 15 is 0 Å². The molecule has 0 unspecified atom stereocenters. The van der Waals surface area contributed by atoms with E-state index in [1.807, 2.05) is 48.5 Å². The molecule has 26 heavy (non-hydrogen) atoms. The largest absolute Gasteiger partial charge is 0.271 e. The maximum atomic E-state index is 12.1. The molecule has 0 saturated carbocycles. The Balaban J connectivity index is 1.78. The second kappa shape index (κ2) is 6.94. The van der Waals surface area contributed by atoms with Gasteiger partial charge in [0.1, 0.15) is 0 Å². The molecule has 1 aromatic heterocycles. The number of hydrogen-bond acceptors (Lipinski definition) is 3. The lowest BCUT2D eigenvalue weighted by molar-refractivity contribution is 0.0955. The van der Waals surface area contributed by atoms with E-state index in [9.17, 15) is 4.79 Å². The fraction of sp³-hybridized carbons (Fsp3) is 0. The Bertz CT molecular complexity index is 1080. The van der Waals surface area contributed by atoms with Crippen molar-refractivity contribution in [2.75, 3.05) is 0 Å². The first-order chi connectivity index (χ1) is 12.8. The molecule has 126 valence electrons. The van der Waals surface area contributed by atoms with Crippen LogP contribution in [0.1, 0.15) is 15.9 Å². The number of carbonyl (C=O) groups is 1. The average Bonchev–Trinajstić information content (AvgIpc) is 2.71. The van der Waals surface area contributed by atoms with Gasteiger partial charge in [0.2, 0.25) is 0 Å². The maximum Gasteiger partial charge on any atom is 0.271 e. The van der Waals surface area contributed by atoms with Gasteiger partial charge in [-0.05, 0) is 22.9 Å². The molecule has 0 radical (unpaired) electrons. The predicted molar refractivity (Wildman–Crippen MR) is 106 cm³/mol. The summed E-state index contributed by atoms with van der Waals surface area (Å²) in [6, 6.07) is 19.1. The van der Waals surface area contributed by atoms with E-state index in [1.165, 1.54) is 0 Å². The van der Waals surface area contributed by atoms with Crippen molar-refractivity contribution in [3.05, 3.63) is 89.2 Å². The van der Waals surface area contributed by atoms with Crippen LogP contribution < -0.4 is 5.43 Å². The number of pyridine rings is 1. The molecule has 1 N–H and O–H groups in total. The van der Waals surface area contributed by atoms with Gasteiger partial charge in [-0.25, -0.2) is 5.43 Å². The summed E-state index contributed by atoms with van der Waals surface area (Å²) in [6.07, 6.45) is 4.80. The lowest BCUT2D eigenvalue weighted by atomic mass is 9.97. The molecule has 5 heteroatoms. The Kier molecular flexibility index (Phi) is 4.33. The third kappa shape index (κ3) is 2.91. The lowest BCUT2D eigenvalue weighted by Crippen LogP contribution is -2.17. The maximum absolute atomic E-state index is 12.1. The lowest BCUT2D eigenvalue weighted by Gasteiger charge is -2.10. The highest BCUT2D eigenvalue weighted by atomic mass is 35.5. The molecular formula is C21H14ClN3O. The molecule has 0 aliphatic carbocycles. The summed E-state index contributed by atoms with van der Waals surface area (Å²) >= 11 is 6.59. The first kappa shape index (κ1) is 16.2. The number of halogens is 1. The van der Waals surface area contributed by atoms with Gasteiger partial charge in [-0.15, -0.1) is 0 Å². The number of rotatable bonds is 3. The second-order valence-electron chi connectivity index (χ2n) is 5.75. The van der Waals surface area contributed by atoms with Gasteiger partial charge in [0.25, 0.3) is 5.91 Å². The van der Waals surface area contributed by atoms with E-state index < -0.39 is 0 Å². The topological polar surface area (TPSA) is 54.4 Å². The van der Waals surface area contributed by atoms with Crippen molar-refractivity contribution in [1.82, 2.24) is 10.4 Å². The standard InChI is InChI=1S/C21H14ClN3O/c22-20-17-7-3-1-5-15(17)19(16-6-2-4-8-18(16)20)13-24-25-21(26)14-9-11-23-12-10-14/h1-13H,(H,25,26)/b24-13-. The van der Waals surface area contributed by atoms with Crippen molar-refractivity contribution in [3.8, 4) is 0 Å². The number of hydrazone groups is 1. The van der Waals surface area contributed by atoms with E-state index in [0.29, 0.717) is 10.6 Å². The Morgan fingerprint density at radius 1 is 0.885 bits per heavy atom. The molecule has 0 aliphatic rings. The molecule has 1 heterocycles. The molecule has 3 aromatic carbocycles. The Morgan fingerprint density at radius 2 is 1.42 bits per heavy atom. The fourth-order valence-electron chi connectivity index (χ4n) is 2.97. The molecule has 4 rings (SSSR count). The highest BCUT2D eigenvalue weighted by Gasteiger charge is 2.11.